The quantitative estimate of drug-likeness (QED) is 0.567. The zero-order chi connectivity index (χ0) is 16.4. The minimum absolute atomic E-state index is 1.81. The van der Waals surface area contributed by atoms with Crippen molar-refractivity contribution in [3.05, 3.63) is 0 Å². The molecule has 20 heavy (non-hydrogen) atoms. The lowest BCUT2D eigenvalue weighted by Gasteiger charge is -2.48. The minimum atomic E-state index is -6.84. The van der Waals surface area contributed by atoms with Crippen molar-refractivity contribution in [2.45, 2.75) is 36.8 Å². The van der Waals surface area contributed by atoms with Crippen LogP contribution in [0.2, 0.25) is 0 Å². The summed E-state index contributed by atoms with van der Waals surface area (Å²) < 4.78 is 152. The lowest BCUT2D eigenvalue weighted by molar-refractivity contribution is -0.589. The third-order valence-electron chi connectivity index (χ3n) is 2.08. The summed E-state index contributed by atoms with van der Waals surface area (Å²) in [6.07, 6.45) is -18.5. The molecule has 1 aliphatic rings. The van der Waals surface area contributed by atoms with Crippen LogP contribution in [0.25, 0.3) is 0 Å². The van der Waals surface area contributed by atoms with Crippen molar-refractivity contribution in [3.63, 3.8) is 0 Å². The summed E-state index contributed by atoms with van der Waals surface area (Å²) in [6, 6.07) is -20.4. The molecule has 0 amide bonds. The molecule has 1 aliphatic heterocycles. The summed E-state index contributed by atoms with van der Waals surface area (Å²) in [7, 11) is 0. The van der Waals surface area contributed by atoms with E-state index < -0.39 is 41.7 Å². The normalized spacial score (nSPS) is 28.6. The topological polar surface area (TPSA) is 12.5 Å². The van der Waals surface area contributed by atoms with Crippen molar-refractivity contribution in [3.8, 4) is 0 Å². The largest absolute Gasteiger partial charge is 0.439 e. The van der Waals surface area contributed by atoms with E-state index in [1.165, 1.54) is 0 Å². The predicted molar refractivity (Wildman–Crippen MR) is 33.7 cm³/mol. The Morgan fingerprint density at radius 1 is 0.750 bits per heavy atom. The van der Waals surface area contributed by atoms with Gasteiger partial charge in [0.25, 0.3) is 0 Å². The highest BCUT2D eigenvalue weighted by Gasteiger charge is 2.87. The summed E-state index contributed by atoms with van der Waals surface area (Å²) >= 11 is 0. The Kier molecular flexibility index (Phi) is 3.47. The molecule has 0 bridgehead atoms. The van der Waals surface area contributed by atoms with Gasteiger partial charge in [-0.1, -0.05) is 0 Å². The third-order valence-corrected chi connectivity index (χ3v) is 2.08. The number of alkyl halides is 12. The Labute approximate surface area is 100 Å². The number of morpholine rings is 1. The molecule has 1 saturated heterocycles. The number of rotatable bonds is 2. The highest BCUT2D eigenvalue weighted by Crippen LogP contribution is 2.59. The van der Waals surface area contributed by atoms with Crippen LogP contribution >= 0.6 is 0 Å². The zero-order valence-electron chi connectivity index (χ0n) is 8.47. The van der Waals surface area contributed by atoms with Gasteiger partial charge in [-0.2, -0.15) is 43.9 Å². The molecule has 0 aliphatic carbocycles. The van der Waals surface area contributed by atoms with Crippen LogP contribution in [-0.4, -0.2) is 41.7 Å². The Morgan fingerprint density at radius 3 is 1.30 bits per heavy atom. The average molecular weight is 331 g/mol. The van der Waals surface area contributed by atoms with Gasteiger partial charge in [0, 0.05) is 0 Å². The van der Waals surface area contributed by atoms with Crippen LogP contribution in [-0.2, 0) is 4.74 Å². The maximum absolute atomic E-state index is 12.8. The van der Waals surface area contributed by atoms with E-state index in [0.717, 1.165) is 0 Å². The Bertz CT molecular complexity index is 365. The van der Waals surface area contributed by atoms with Gasteiger partial charge in [0.1, 0.15) is 0 Å². The highest BCUT2D eigenvalue weighted by atomic mass is 19.4. The van der Waals surface area contributed by atoms with Crippen LogP contribution in [0.1, 0.15) is 0 Å². The molecule has 0 atom stereocenters. The second-order valence-corrected chi connectivity index (χ2v) is 3.44. The van der Waals surface area contributed by atoms with Crippen molar-refractivity contribution in [2.75, 3.05) is 0 Å². The molecular weight excluding hydrogens is 330 g/mol. The van der Waals surface area contributed by atoms with Gasteiger partial charge in [-0.3, -0.25) is 0 Å². The fraction of sp³-hybridized carbons (Fsp3) is 1.00. The first kappa shape index (κ1) is 17.1. The number of halogens is 12. The van der Waals surface area contributed by atoms with Crippen molar-refractivity contribution < 1.29 is 57.4 Å². The van der Waals surface area contributed by atoms with E-state index >= 15 is 0 Å². The SMILES string of the molecule is FC(F)C(F)(F)N1C(F)(F)C(F)(F)OC(F)(F)C1(F)F. The van der Waals surface area contributed by atoms with Crippen molar-refractivity contribution in [1.29, 1.82) is 0 Å². The molecule has 0 aromatic carbocycles. The van der Waals surface area contributed by atoms with E-state index in [9.17, 15) is 52.7 Å². The average Bonchev–Trinajstić information content (AvgIpc) is 2.11. The van der Waals surface area contributed by atoms with E-state index in [2.05, 4.69) is 0 Å². The van der Waals surface area contributed by atoms with Gasteiger partial charge in [0.15, 0.2) is 0 Å². The number of hydrogen-bond acceptors (Lipinski definition) is 2. The fourth-order valence-electron chi connectivity index (χ4n) is 1.19. The molecule has 0 spiro atoms. The Hall–Kier alpha value is -0.920. The van der Waals surface area contributed by atoms with Crippen LogP contribution in [0.5, 0.6) is 0 Å². The molecule has 0 radical (unpaired) electrons. The van der Waals surface area contributed by atoms with E-state index in [-0.39, 0.29) is 0 Å². The molecule has 1 rings (SSSR count). The van der Waals surface area contributed by atoms with Crippen LogP contribution in [0.3, 0.4) is 0 Å². The lowest BCUT2D eigenvalue weighted by Crippen LogP contribution is -2.78. The van der Waals surface area contributed by atoms with Crippen molar-refractivity contribution in [1.82, 2.24) is 4.90 Å². The molecule has 1 fully saturated rings. The van der Waals surface area contributed by atoms with E-state index in [1.807, 2.05) is 4.74 Å². The van der Waals surface area contributed by atoms with Crippen LogP contribution in [0.15, 0.2) is 0 Å². The molecular formula is C6HF12NO. The van der Waals surface area contributed by atoms with Gasteiger partial charge in [0.05, 0.1) is 0 Å². The van der Waals surface area contributed by atoms with Crippen LogP contribution in [0, 0.1) is 0 Å². The summed E-state index contributed by atoms with van der Waals surface area (Å²) in [5.74, 6) is 0. The van der Waals surface area contributed by atoms with Crippen molar-refractivity contribution >= 4 is 0 Å². The second kappa shape index (κ2) is 4.05. The van der Waals surface area contributed by atoms with Crippen LogP contribution in [0.4, 0.5) is 52.7 Å². The second-order valence-electron chi connectivity index (χ2n) is 3.44. The molecule has 0 N–H and O–H groups in total. The zero-order valence-corrected chi connectivity index (χ0v) is 8.47. The predicted octanol–water partition coefficient (Wildman–Crippen LogP) is 3.55. The van der Waals surface area contributed by atoms with Gasteiger partial charge in [-0.25, -0.2) is 13.5 Å². The summed E-state index contributed by atoms with van der Waals surface area (Å²) in [5.41, 5.74) is 0. The van der Waals surface area contributed by atoms with Gasteiger partial charge in [0.2, 0.25) is 0 Å². The van der Waals surface area contributed by atoms with E-state index in [0.29, 0.717) is 0 Å². The Balaban J connectivity index is 3.56. The molecule has 0 saturated carbocycles. The lowest BCUT2D eigenvalue weighted by atomic mass is 10.2. The van der Waals surface area contributed by atoms with Crippen molar-refractivity contribution in [2.24, 2.45) is 0 Å². The summed E-state index contributed by atoms with van der Waals surface area (Å²) in [5, 5.41) is 0. The first-order valence-electron chi connectivity index (χ1n) is 4.19. The highest BCUT2D eigenvalue weighted by molar-refractivity contribution is 4.98. The van der Waals surface area contributed by atoms with Crippen LogP contribution < -0.4 is 0 Å². The first-order chi connectivity index (χ1) is 8.52. The van der Waals surface area contributed by atoms with Gasteiger partial charge >= 0.3 is 36.8 Å². The maximum Gasteiger partial charge on any atom is 0.439 e. The standard InChI is InChI=1S/C6HF12NO/c7-1(8)2(9,10)19-3(11,12)5(15,16)20-6(17,18)4(19,13)14/h1H. The van der Waals surface area contributed by atoms with Gasteiger partial charge < -0.3 is 0 Å². The molecule has 14 heteroatoms. The van der Waals surface area contributed by atoms with E-state index in [1.54, 1.807) is 0 Å². The smallest absolute Gasteiger partial charge is 0.243 e. The summed E-state index contributed by atoms with van der Waals surface area (Å²) in [6.45, 7) is 0. The third kappa shape index (κ3) is 1.99. The molecule has 0 unspecified atom stereocenters. The van der Waals surface area contributed by atoms with E-state index in [4.69, 9.17) is 0 Å². The van der Waals surface area contributed by atoms with Gasteiger partial charge in [-0.05, 0) is 0 Å². The summed E-state index contributed by atoms with van der Waals surface area (Å²) in [4.78, 5) is -3.54. The maximum atomic E-state index is 12.8. The molecule has 120 valence electrons. The minimum Gasteiger partial charge on any atom is -0.243 e. The molecule has 0 aromatic rings. The molecule has 1 heterocycles. The molecule has 2 nitrogen and oxygen atoms in total. The number of hydrogen-bond donors (Lipinski definition) is 0. The first-order valence-corrected chi connectivity index (χ1v) is 4.19. The van der Waals surface area contributed by atoms with Gasteiger partial charge in [-0.15, -0.1) is 4.90 Å². The number of nitrogens with zero attached hydrogens (tertiary/aromatic N) is 1. The Morgan fingerprint density at radius 2 is 1.05 bits per heavy atom. The fourth-order valence-corrected chi connectivity index (χ4v) is 1.19. The number of ether oxygens (including phenoxy) is 1. The monoisotopic (exact) mass is 331 g/mol. The molecule has 0 aromatic heterocycles.